The molecule has 4 heterocycles. The second-order valence-electron chi connectivity index (χ2n) is 13.5. The van der Waals surface area contributed by atoms with E-state index >= 15 is 0 Å². The van der Waals surface area contributed by atoms with Gasteiger partial charge in [-0.2, -0.15) is 26.3 Å². The Morgan fingerprint density at radius 3 is 2.35 bits per heavy atom. The van der Waals surface area contributed by atoms with Gasteiger partial charge in [-0.3, -0.25) is 19.4 Å². The van der Waals surface area contributed by atoms with E-state index in [1.54, 1.807) is 31.2 Å². The Kier molecular flexibility index (Phi) is 12.5. The van der Waals surface area contributed by atoms with Crippen LogP contribution in [0.4, 0.5) is 26.3 Å². The molecule has 2 saturated heterocycles. The molecule has 0 unspecified atom stereocenters. The lowest BCUT2D eigenvalue weighted by Gasteiger charge is -2.51. The summed E-state index contributed by atoms with van der Waals surface area (Å²) < 4.78 is 95.3. The molecule has 2 atom stereocenters. The molecule has 0 aliphatic carbocycles. The first-order valence-corrected chi connectivity index (χ1v) is 18.5. The monoisotopic (exact) mass is 785 g/mol. The van der Waals surface area contributed by atoms with Crippen molar-refractivity contribution < 1.29 is 60.4 Å². The molecule has 0 radical (unpaired) electrons. The molecular weight excluding hydrogens is 744 g/mol. The summed E-state index contributed by atoms with van der Waals surface area (Å²) in [7, 11) is 0. The number of thiophene rings is 1. The largest absolute Gasteiger partial charge is 0.493 e. The summed E-state index contributed by atoms with van der Waals surface area (Å²) in [6.45, 7) is 1.83. The number of likely N-dealkylation sites (tertiary alicyclic amines) is 2. The standard InChI is InChI=1S/C37H41F6N3O7S/c1-2-9-28-35(53-24-22-29(54-23-24)37(41,42)43,14-8-18-46(28)32(49)31-26(36(38,39)40)11-7-17-44-31)33(50)45-19-15-34(51,16-20-45)25-10-3-4-12-27(25)52-21-6-5-13-30(47)48/h3-4,7,10-12,17,22-23,28,51H,2,5-6,8-9,13-16,18-21H2,1H3,(H,47,48)/t28-,35+/m1/s1. The van der Waals surface area contributed by atoms with Crippen LogP contribution in [0.25, 0.3) is 0 Å². The minimum absolute atomic E-state index is 0.0112. The minimum Gasteiger partial charge on any atom is -0.493 e. The molecule has 3 aromatic rings. The van der Waals surface area contributed by atoms with Gasteiger partial charge in [-0.05, 0) is 56.7 Å². The van der Waals surface area contributed by atoms with Gasteiger partial charge in [-0.15, -0.1) is 11.3 Å². The van der Waals surface area contributed by atoms with Gasteiger partial charge in [0, 0.05) is 55.7 Å². The third kappa shape index (κ3) is 8.94. The van der Waals surface area contributed by atoms with Crippen molar-refractivity contribution >= 4 is 29.1 Å². The predicted molar refractivity (Wildman–Crippen MR) is 184 cm³/mol. The molecule has 0 spiro atoms. The van der Waals surface area contributed by atoms with Gasteiger partial charge in [0.2, 0.25) is 5.60 Å². The van der Waals surface area contributed by atoms with Crippen molar-refractivity contribution in [3.8, 4) is 11.5 Å². The fourth-order valence-corrected chi connectivity index (χ4v) is 7.91. The summed E-state index contributed by atoms with van der Waals surface area (Å²) in [5.74, 6) is -2.55. The number of amides is 2. The first-order chi connectivity index (χ1) is 25.5. The molecule has 2 aromatic heterocycles. The maximum Gasteiger partial charge on any atom is 0.425 e. The summed E-state index contributed by atoms with van der Waals surface area (Å²) in [6.07, 6.45) is -7.23. The molecular formula is C37H41F6N3O7S. The number of unbranched alkanes of at least 4 members (excludes halogenated alkanes) is 1. The lowest BCUT2D eigenvalue weighted by atomic mass is 9.78. The fraction of sp³-hybridized carbons (Fsp3) is 0.514. The molecule has 17 heteroatoms. The SMILES string of the molecule is CCC[C@H]1N(C(=O)c2ncccc2C(F)(F)F)CCC[C@@]1(Oc1csc(C(F)(F)F)c1)C(=O)N1CCC(O)(c2ccccc2OCCCCC(=O)O)CC1. The van der Waals surface area contributed by atoms with Crippen LogP contribution in [0.15, 0.2) is 54.0 Å². The molecule has 54 heavy (non-hydrogen) atoms. The van der Waals surface area contributed by atoms with Crippen LogP contribution in [0.3, 0.4) is 0 Å². The predicted octanol–water partition coefficient (Wildman–Crippen LogP) is 7.55. The van der Waals surface area contributed by atoms with E-state index in [2.05, 4.69) is 4.98 Å². The first kappa shape index (κ1) is 40.8. The van der Waals surface area contributed by atoms with Crippen molar-refractivity contribution in [2.45, 2.75) is 94.3 Å². The Labute approximate surface area is 311 Å². The highest BCUT2D eigenvalue weighted by Crippen LogP contribution is 2.44. The lowest BCUT2D eigenvalue weighted by molar-refractivity contribution is -0.163. The molecule has 1 aromatic carbocycles. The van der Waals surface area contributed by atoms with E-state index in [0.717, 1.165) is 34.7 Å². The number of ether oxygens (including phenoxy) is 2. The highest BCUT2D eigenvalue weighted by atomic mass is 32.1. The van der Waals surface area contributed by atoms with Crippen LogP contribution in [-0.2, 0) is 27.5 Å². The number of nitrogens with zero attached hydrogens (tertiary/aromatic N) is 3. The van der Waals surface area contributed by atoms with E-state index in [-0.39, 0.29) is 70.5 Å². The van der Waals surface area contributed by atoms with Gasteiger partial charge in [0.15, 0.2) is 0 Å². The summed E-state index contributed by atoms with van der Waals surface area (Å²) in [5, 5.41) is 21.9. The number of aliphatic hydroxyl groups is 1. The Balaban J connectivity index is 1.46. The van der Waals surface area contributed by atoms with E-state index in [0.29, 0.717) is 41.9 Å². The minimum atomic E-state index is -4.92. The number of pyridine rings is 1. The fourth-order valence-electron chi connectivity index (χ4n) is 7.23. The average molecular weight is 786 g/mol. The van der Waals surface area contributed by atoms with E-state index in [9.17, 15) is 45.8 Å². The third-order valence-electron chi connectivity index (χ3n) is 9.83. The van der Waals surface area contributed by atoms with Gasteiger partial charge in [-0.25, -0.2) is 0 Å². The molecule has 5 rings (SSSR count). The van der Waals surface area contributed by atoms with Gasteiger partial charge >= 0.3 is 18.3 Å². The van der Waals surface area contributed by atoms with Crippen LogP contribution in [0.2, 0.25) is 0 Å². The molecule has 2 N–H and O–H groups in total. The molecule has 2 aliphatic heterocycles. The lowest BCUT2D eigenvalue weighted by Crippen LogP contribution is -2.68. The van der Waals surface area contributed by atoms with Crippen molar-refractivity contribution in [2.24, 2.45) is 0 Å². The normalized spacial score (nSPS) is 20.4. The number of carbonyl (C=O) groups excluding carboxylic acids is 2. The number of carboxylic acids is 1. The molecule has 294 valence electrons. The average Bonchev–Trinajstić information content (AvgIpc) is 3.61. The number of rotatable bonds is 13. The Bertz CT molecular complexity index is 1790. The van der Waals surface area contributed by atoms with E-state index < -0.39 is 63.5 Å². The summed E-state index contributed by atoms with van der Waals surface area (Å²) in [5.41, 5.74) is -5.11. The topological polar surface area (TPSA) is 130 Å². The van der Waals surface area contributed by atoms with Gasteiger partial charge in [0.1, 0.15) is 22.1 Å². The Morgan fingerprint density at radius 1 is 0.981 bits per heavy atom. The zero-order valence-corrected chi connectivity index (χ0v) is 30.2. The number of hydrogen-bond donors (Lipinski definition) is 2. The molecule has 0 bridgehead atoms. The van der Waals surface area contributed by atoms with Crippen molar-refractivity contribution in [1.82, 2.24) is 14.8 Å². The molecule has 0 saturated carbocycles. The maximum absolute atomic E-state index is 14.9. The molecule has 2 amide bonds. The zero-order chi connectivity index (χ0) is 39.3. The number of aliphatic carboxylic acids is 1. The van der Waals surface area contributed by atoms with Crippen LogP contribution in [0.5, 0.6) is 11.5 Å². The quantitative estimate of drug-likeness (QED) is 0.134. The highest BCUT2D eigenvalue weighted by Gasteiger charge is 2.56. The molecule has 2 fully saturated rings. The van der Waals surface area contributed by atoms with Crippen molar-refractivity contribution in [3.63, 3.8) is 0 Å². The third-order valence-corrected chi connectivity index (χ3v) is 10.8. The smallest absolute Gasteiger partial charge is 0.425 e. The van der Waals surface area contributed by atoms with Crippen LogP contribution in [0, 0.1) is 0 Å². The van der Waals surface area contributed by atoms with Crippen LogP contribution in [-0.4, -0.2) is 80.7 Å². The second-order valence-corrected chi connectivity index (χ2v) is 14.4. The highest BCUT2D eigenvalue weighted by molar-refractivity contribution is 7.10. The van der Waals surface area contributed by atoms with Gasteiger partial charge < -0.3 is 29.5 Å². The number of hydrogen-bond acceptors (Lipinski definition) is 8. The van der Waals surface area contributed by atoms with Crippen LogP contribution < -0.4 is 9.47 Å². The number of carbonyl (C=O) groups is 3. The number of halogens is 6. The number of alkyl halides is 6. The van der Waals surface area contributed by atoms with E-state index in [1.807, 2.05) is 0 Å². The van der Waals surface area contributed by atoms with Crippen molar-refractivity contribution in [3.05, 3.63) is 75.7 Å². The molecule has 10 nitrogen and oxygen atoms in total. The Morgan fingerprint density at radius 2 is 1.70 bits per heavy atom. The van der Waals surface area contributed by atoms with Crippen LogP contribution >= 0.6 is 11.3 Å². The summed E-state index contributed by atoms with van der Waals surface area (Å²) >= 11 is 0.361. The van der Waals surface area contributed by atoms with Crippen molar-refractivity contribution in [1.29, 1.82) is 0 Å². The van der Waals surface area contributed by atoms with E-state index in [1.165, 1.54) is 4.90 Å². The zero-order valence-electron chi connectivity index (χ0n) is 29.4. The van der Waals surface area contributed by atoms with Crippen LogP contribution in [0.1, 0.15) is 91.2 Å². The second kappa shape index (κ2) is 16.6. The maximum atomic E-state index is 14.9. The van der Waals surface area contributed by atoms with E-state index in [4.69, 9.17) is 14.6 Å². The van der Waals surface area contributed by atoms with Gasteiger partial charge in [0.05, 0.1) is 23.8 Å². The number of carboxylic acid groups (broad SMARTS) is 1. The number of aromatic nitrogens is 1. The number of para-hydroxylation sites is 1. The van der Waals surface area contributed by atoms with Gasteiger partial charge in [0.25, 0.3) is 11.8 Å². The number of piperidine rings is 2. The first-order valence-electron chi connectivity index (χ1n) is 17.6. The number of benzene rings is 1. The Hall–Kier alpha value is -4.38. The van der Waals surface area contributed by atoms with Gasteiger partial charge in [-0.1, -0.05) is 31.5 Å². The van der Waals surface area contributed by atoms with Crippen molar-refractivity contribution in [2.75, 3.05) is 26.2 Å². The molecule has 2 aliphatic rings. The summed E-state index contributed by atoms with van der Waals surface area (Å²) in [4.78, 5) is 45.1. The summed E-state index contributed by atoms with van der Waals surface area (Å²) in [6, 6.07) is 8.16.